The van der Waals surface area contributed by atoms with E-state index >= 15 is 0 Å². The first-order valence-electron chi connectivity index (χ1n) is 6.53. The number of hydrazine groups is 1. The van der Waals surface area contributed by atoms with Crippen LogP contribution in [0, 0.1) is 0 Å². The zero-order valence-electron chi connectivity index (χ0n) is 11.4. The largest absolute Gasteiger partial charge is 0.507 e. The van der Waals surface area contributed by atoms with Gasteiger partial charge in [-0.05, 0) is 42.0 Å². The van der Waals surface area contributed by atoms with Gasteiger partial charge in [-0.3, -0.25) is 0 Å². The predicted octanol–water partition coefficient (Wildman–Crippen LogP) is 3.24. The molecule has 0 spiro atoms. The summed E-state index contributed by atoms with van der Waals surface area (Å²) in [5, 5.41) is 10.5. The van der Waals surface area contributed by atoms with Crippen LogP contribution >= 0.6 is 11.6 Å². The number of hydrogen-bond acceptors (Lipinski definition) is 4. The molecule has 1 aliphatic heterocycles. The van der Waals surface area contributed by atoms with Crippen molar-refractivity contribution in [2.75, 3.05) is 7.11 Å². The Kier molecular flexibility index (Phi) is 3.73. The minimum absolute atomic E-state index is 0.0179. The number of phenols is 1. The van der Waals surface area contributed by atoms with Crippen molar-refractivity contribution in [3.05, 3.63) is 64.7 Å². The average molecular weight is 303 g/mol. The molecule has 0 unspecified atom stereocenters. The minimum Gasteiger partial charge on any atom is -0.507 e. The van der Waals surface area contributed by atoms with E-state index in [4.69, 9.17) is 16.3 Å². The Morgan fingerprint density at radius 2 is 1.90 bits per heavy atom. The van der Waals surface area contributed by atoms with Crippen molar-refractivity contribution >= 4 is 17.3 Å². The number of benzene rings is 2. The van der Waals surface area contributed by atoms with Gasteiger partial charge in [0.05, 0.1) is 18.8 Å². The molecule has 0 amide bonds. The van der Waals surface area contributed by atoms with E-state index in [0.717, 1.165) is 17.0 Å². The summed E-state index contributed by atoms with van der Waals surface area (Å²) in [4.78, 5) is 0. The van der Waals surface area contributed by atoms with Gasteiger partial charge in [0.15, 0.2) is 0 Å². The Morgan fingerprint density at radius 1 is 1.14 bits per heavy atom. The smallest absolute Gasteiger partial charge is 0.125 e. The molecule has 3 N–H and O–H groups in total. The second-order valence-corrected chi connectivity index (χ2v) is 5.20. The SMILES string of the molecule is COc1ccc([C@H]2C=C(c3cc(Cl)ccc3O)NN2)cc1. The van der Waals surface area contributed by atoms with Crippen LogP contribution in [0.4, 0.5) is 0 Å². The van der Waals surface area contributed by atoms with Crippen molar-refractivity contribution < 1.29 is 9.84 Å². The number of hydrogen-bond donors (Lipinski definition) is 3. The van der Waals surface area contributed by atoms with E-state index in [9.17, 15) is 5.11 Å². The van der Waals surface area contributed by atoms with Crippen molar-refractivity contribution in [2.45, 2.75) is 6.04 Å². The van der Waals surface area contributed by atoms with Crippen LogP contribution in [0.1, 0.15) is 17.2 Å². The number of methoxy groups -OCH3 is 1. The fourth-order valence-electron chi connectivity index (χ4n) is 2.28. The summed E-state index contributed by atoms with van der Waals surface area (Å²) >= 11 is 5.98. The highest BCUT2D eigenvalue weighted by molar-refractivity contribution is 6.30. The lowest BCUT2D eigenvalue weighted by Crippen LogP contribution is -2.26. The maximum absolute atomic E-state index is 9.94. The summed E-state index contributed by atoms with van der Waals surface area (Å²) < 4.78 is 5.15. The molecule has 0 saturated carbocycles. The lowest BCUT2D eigenvalue weighted by molar-refractivity contribution is 0.414. The molecule has 0 bridgehead atoms. The summed E-state index contributed by atoms with van der Waals surface area (Å²) in [5.74, 6) is 1.01. The molecule has 0 aliphatic carbocycles. The third-order valence-electron chi connectivity index (χ3n) is 3.42. The lowest BCUT2D eigenvalue weighted by atomic mass is 10.0. The van der Waals surface area contributed by atoms with Crippen molar-refractivity contribution in [2.24, 2.45) is 0 Å². The first kappa shape index (κ1) is 13.8. The number of halogens is 1. The quantitative estimate of drug-likeness (QED) is 0.815. The van der Waals surface area contributed by atoms with E-state index in [1.807, 2.05) is 30.3 Å². The molecular weight excluding hydrogens is 288 g/mol. The minimum atomic E-state index is 0.0179. The normalized spacial score (nSPS) is 17.2. The van der Waals surface area contributed by atoms with Crippen molar-refractivity contribution in [1.82, 2.24) is 10.9 Å². The molecule has 4 nitrogen and oxygen atoms in total. The Balaban J connectivity index is 1.87. The van der Waals surface area contributed by atoms with Gasteiger partial charge in [0.1, 0.15) is 11.5 Å². The number of phenolic OH excluding ortho intramolecular Hbond substituents is 1. The third kappa shape index (κ3) is 2.82. The Morgan fingerprint density at radius 3 is 2.62 bits per heavy atom. The number of rotatable bonds is 3. The highest BCUT2D eigenvalue weighted by Gasteiger charge is 2.19. The molecule has 21 heavy (non-hydrogen) atoms. The Bertz CT molecular complexity index is 683. The topological polar surface area (TPSA) is 53.5 Å². The van der Waals surface area contributed by atoms with E-state index in [1.54, 1.807) is 25.3 Å². The van der Waals surface area contributed by atoms with Crippen LogP contribution in [0.5, 0.6) is 11.5 Å². The molecular formula is C16H15ClN2O2. The molecule has 2 aromatic rings. The molecule has 0 radical (unpaired) electrons. The summed E-state index contributed by atoms with van der Waals surface area (Å²) in [6.07, 6.45) is 2.01. The lowest BCUT2D eigenvalue weighted by Gasteiger charge is -2.10. The van der Waals surface area contributed by atoms with Gasteiger partial charge in [0, 0.05) is 10.6 Å². The maximum atomic E-state index is 9.94. The van der Waals surface area contributed by atoms with E-state index in [1.165, 1.54) is 0 Å². The van der Waals surface area contributed by atoms with Gasteiger partial charge in [-0.2, -0.15) is 0 Å². The van der Waals surface area contributed by atoms with E-state index in [2.05, 4.69) is 10.9 Å². The molecule has 1 heterocycles. The first-order chi connectivity index (χ1) is 10.2. The second kappa shape index (κ2) is 5.68. The van der Waals surface area contributed by atoms with Crippen molar-refractivity contribution in [3.8, 4) is 11.5 Å². The van der Waals surface area contributed by atoms with Gasteiger partial charge in [-0.1, -0.05) is 23.7 Å². The molecule has 0 aromatic heterocycles. The molecule has 3 rings (SSSR count). The van der Waals surface area contributed by atoms with Crippen molar-refractivity contribution in [1.29, 1.82) is 0 Å². The number of ether oxygens (including phenoxy) is 1. The van der Waals surface area contributed by atoms with Gasteiger partial charge >= 0.3 is 0 Å². The van der Waals surface area contributed by atoms with Gasteiger partial charge in [-0.25, -0.2) is 5.43 Å². The van der Waals surface area contributed by atoms with Crippen LogP contribution in [-0.2, 0) is 0 Å². The number of aromatic hydroxyl groups is 1. The third-order valence-corrected chi connectivity index (χ3v) is 3.65. The van der Waals surface area contributed by atoms with Crippen LogP contribution in [0.2, 0.25) is 5.02 Å². The van der Waals surface area contributed by atoms with Crippen LogP contribution in [0.15, 0.2) is 48.5 Å². The van der Waals surface area contributed by atoms with E-state index < -0.39 is 0 Å². The highest BCUT2D eigenvalue weighted by Crippen LogP contribution is 2.31. The van der Waals surface area contributed by atoms with Gasteiger partial charge in [0.2, 0.25) is 0 Å². The van der Waals surface area contributed by atoms with E-state index in [-0.39, 0.29) is 11.8 Å². The molecule has 108 valence electrons. The zero-order chi connectivity index (χ0) is 14.8. The van der Waals surface area contributed by atoms with Crippen molar-refractivity contribution in [3.63, 3.8) is 0 Å². The van der Waals surface area contributed by atoms with Crippen LogP contribution in [-0.4, -0.2) is 12.2 Å². The summed E-state index contributed by atoms with van der Waals surface area (Å²) in [6, 6.07) is 12.8. The Labute approximate surface area is 128 Å². The number of nitrogens with one attached hydrogen (secondary N) is 2. The van der Waals surface area contributed by atoms with Gasteiger partial charge < -0.3 is 15.3 Å². The van der Waals surface area contributed by atoms with Gasteiger partial charge in [0.25, 0.3) is 0 Å². The highest BCUT2D eigenvalue weighted by atomic mass is 35.5. The summed E-state index contributed by atoms with van der Waals surface area (Å²) in [6.45, 7) is 0. The van der Waals surface area contributed by atoms with Crippen LogP contribution < -0.4 is 15.6 Å². The fourth-order valence-corrected chi connectivity index (χ4v) is 2.45. The maximum Gasteiger partial charge on any atom is 0.125 e. The molecule has 1 aliphatic rings. The average Bonchev–Trinajstić information content (AvgIpc) is 2.99. The van der Waals surface area contributed by atoms with Crippen LogP contribution in [0.3, 0.4) is 0 Å². The first-order valence-corrected chi connectivity index (χ1v) is 6.91. The molecule has 0 fully saturated rings. The summed E-state index contributed by atoms with van der Waals surface area (Å²) in [5.41, 5.74) is 8.82. The second-order valence-electron chi connectivity index (χ2n) is 4.76. The monoisotopic (exact) mass is 302 g/mol. The Hall–Kier alpha value is -2.17. The molecule has 1 atom stereocenters. The zero-order valence-corrected chi connectivity index (χ0v) is 12.2. The fraction of sp³-hybridized carbons (Fsp3) is 0.125. The molecule has 5 heteroatoms. The predicted molar refractivity (Wildman–Crippen MR) is 83.1 cm³/mol. The summed E-state index contributed by atoms with van der Waals surface area (Å²) in [7, 11) is 1.64. The molecule has 0 saturated heterocycles. The van der Waals surface area contributed by atoms with Crippen LogP contribution in [0.25, 0.3) is 5.70 Å². The van der Waals surface area contributed by atoms with E-state index in [0.29, 0.717) is 10.6 Å². The standard InChI is InChI=1S/C16H15ClN2O2/c1-21-12-5-2-10(3-6-12)14-9-15(19-18-14)13-8-11(17)4-7-16(13)20/h2-9,14,18-20H,1H3/t14-/m1/s1. The van der Waals surface area contributed by atoms with Gasteiger partial charge in [-0.15, -0.1) is 0 Å². The molecule has 2 aromatic carbocycles.